The van der Waals surface area contributed by atoms with Gasteiger partial charge in [-0.1, -0.05) is 12.1 Å². The Hall–Kier alpha value is -1.55. The molecule has 98 valence electrons. The van der Waals surface area contributed by atoms with Gasteiger partial charge in [0.2, 0.25) is 0 Å². The minimum absolute atomic E-state index is 0.433. The number of piperidine rings is 1. The van der Waals surface area contributed by atoms with Gasteiger partial charge in [0.25, 0.3) is 0 Å². The van der Waals surface area contributed by atoms with Gasteiger partial charge in [-0.25, -0.2) is 0 Å². The molecule has 0 radical (unpaired) electrons. The summed E-state index contributed by atoms with van der Waals surface area (Å²) in [6, 6.07) is 8.22. The topological polar surface area (TPSA) is 45.1 Å². The van der Waals surface area contributed by atoms with Crippen LogP contribution in [-0.2, 0) is 6.54 Å². The van der Waals surface area contributed by atoms with Crippen LogP contribution < -0.4 is 4.74 Å². The zero-order valence-corrected chi connectivity index (χ0v) is 10.7. The lowest BCUT2D eigenvalue weighted by Crippen LogP contribution is -2.33. The van der Waals surface area contributed by atoms with E-state index in [0.29, 0.717) is 5.92 Å². The zero-order valence-electron chi connectivity index (χ0n) is 10.7. The van der Waals surface area contributed by atoms with Crippen molar-refractivity contribution in [3.8, 4) is 5.75 Å². The van der Waals surface area contributed by atoms with Crippen LogP contribution in [0.3, 0.4) is 0 Å². The summed E-state index contributed by atoms with van der Waals surface area (Å²) in [5.74, 6) is 1.33. The largest absolute Gasteiger partial charge is 0.497 e. The number of rotatable bonds is 4. The predicted octanol–water partition coefficient (Wildman–Crippen LogP) is 2.37. The van der Waals surface area contributed by atoms with E-state index >= 15 is 0 Å². The van der Waals surface area contributed by atoms with Gasteiger partial charge >= 0.3 is 0 Å². The van der Waals surface area contributed by atoms with Crippen LogP contribution >= 0.6 is 0 Å². The molecule has 0 amide bonds. The molecule has 2 rings (SSSR count). The van der Waals surface area contributed by atoms with Gasteiger partial charge < -0.3 is 9.94 Å². The first kappa shape index (κ1) is 12.9. The molecule has 1 fully saturated rings. The van der Waals surface area contributed by atoms with E-state index in [1.165, 1.54) is 5.56 Å². The lowest BCUT2D eigenvalue weighted by atomic mass is 9.98. The lowest BCUT2D eigenvalue weighted by Gasteiger charge is -2.30. The normalized spacial score (nSPS) is 18.3. The van der Waals surface area contributed by atoms with Gasteiger partial charge in [-0.15, -0.1) is 5.16 Å². The molecule has 1 heterocycles. The standard InChI is InChI=1S/C14H20N2O2/c1-18-14-4-2-13(3-5-14)11-16-8-6-12(7-9-16)10-15-17/h2-5,10,12,17H,6-9,11H2,1H3. The molecule has 1 aliphatic heterocycles. The van der Waals surface area contributed by atoms with Crippen molar-refractivity contribution >= 4 is 6.21 Å². The second kappa shape index (κ2) is 6.40. The number of nitrogens with zero attached hydrogens (tertiary/aromatic N) is 2. The Morgan fingerprint density at radius 3 is 2.56 bits per heavy atom. The minimum atomic E-state index is 0.433. The van der Waals surface area contributed by atoms with E-state index in [1.807, 2.05) is 12.1 Å². The highest BCUT2D eigenvalue weighted by Crippen LogP contribution is 2.18. The van der Waals surface area contributed by atoms with Crippen molar-refractivity contribution in [2.24, 2.45) is 11.1 Å². The second-order valence-electron chi connectivity index (χ2n) is 4.73. The number of hydrogen-bond donors (Lipinski definition) is 1. The Kier molecular flexibility index (Phi) is 4.59. The fourth-order valence-corrected chi connectivity index (χ4v) is 2.34. The van der Waals surface area contributed by atoms with Crippen LogP contribution in [0.1, 0.15) is 18.4 Å². The highest BCUT2D eigenvalue weighted by Gasteiger charge is 2.17. The van der Waals surface area contributed by atoms with E-state index in [2.05, 4.69) is 22.2 Å². The summed E-state index contributed by atoms with van der Waals surface area (Å²) in [5.41, 5.74) is 1.31. The Labute approximate surface area is 108 Å². The molecular formula is C14H20N2O2. The Bertz CT molecular complexity index is 381. The van der Waals surface area contributed by atoms with Crippen LogP contribution in [0, 0.1) is 5.92 Å². The van der Waals surface area contributed by atoms with Crippen LogP contribution in [0.4, 0.5) is 0 Å². The van der Waals surface area contributed by atoms with Crippen LogP contribution in [-0.4, -0.2) is 36.5 Å². The average molecular weight is 248 g/mol. The van der Waals surface area contributed by atoms with Crippen molar-refractivity contribution in [2.75, 3.05) is 20.2 Å². The Morgan fingerprint density at radius 1 is 1.33 bits per heavy atom. The van der Waals surface area contributed by atoms with Crippen LogP contribution in [0.25, 0.3) is 0 Å². The predicted molar refractivity (Wildman–Crippen MR) is 71.3 cm³/mol. The number of oxime groups is 1. The second-order valence-corrected chi connectivity index (χ2v) is 4.73. The van der Waals surface area contributed by atoms with E-state index in [-0.39, 0.29) is 0 Å². The van der Waals surface area contributed by atoms with E-state index in [0.717, 1.165) is 38.2 Å². The molecular weight excluding hydrogens is 228 g/mol. The van der Waals surface area contributed by atoms with Crippen molar-refractivity contribution in [2.45, 2.75) is 19.4 Å². The minimum Gasteiger partial charge on any atom is -0.497 e. The molecule has 1 N–H and O–H groups in total. The molecule has 0 atom stereocenters. The van der Waals surface area contributed by atoms with Crippen molar-refractivity contribution in [3.05, 3.63) is 29.8 Å². The number of likely N-dealkylation sites (tertiary alicyclic amines) is 1. The number of methoxy groups -OCH3 is 1. The highest BCUT2D eigenvalue weighted by atomic mass is 16.5. The molecule has 1 saturated heterocycles. The van der Waals surface area contributed by atoms with Crippen molar-refractivity contribution in [1.29, 1.82) is 0 Å². The van der Waals surface area contributed by atoms with E-state index in [9.17, 15) is 0 Å². The summed E-state index contributed by atoms with van der Waals surface area (Å²) in [6.45, 7) is 3.10. The summed E-state index contributed by atoms with van der Waals surface area (Å²) < 4.78 is 5.15. The van der Waals surface area contributed by atoms with E-state index in [4.69, 9.17) is 9.94 Å². The van der Waals surface area contributed by atoms with Crippen molar-refractivity contribution < 1.29 is 9.94 Å². The molecule has 0 saturated carbocycles. The number of ether oxygens (including phenoxy) is 1. The summed E-state index contributed by atoms with van der Waals surface area (Å²) in [7, 11) is 1.68. The molecule has 4 heteroatoms. The zero-order chi connectivity index (χ0) is 12.8. The maximum absolute atomic E-state index is 8.51. The van der Waals surface area contributed by atoms with Gasteiger partial charge in [0.1, 0.15) is 5.75 Å². The van der Waals surface area contributed by atoms with E-state index < -0.39 is 0 Å². The highest BCUT2D eigenvalue weighted by molar-refractivity contribution is 5.59. The van der Waals surface area contributed by atoms with Gasteiger partial charge in [0.05, 0.1) is 7.11 Å². The van der Waals surface area contributed by atoms with Gasteiger partial charge in [-0.2, -0.15) is 0 Å². The fourth-order valence-electron chi connectivity index (χ4n) is 2.34. The Balaban J connectivity index is 1.83. The van der Waals surface area contributed by atoms with E-state index in [1.54, 1.807) is 13.3 Å². The summed E-state index contributed by atoms with van der Waals surface area (Å²) in [5, 5.41) is 11.6. The molecule has 4 nitrogen and oxygen atoms in total. The molecule has 1 aliphatic rings. The maximum Gasteiger partial charge on any atom is 0.118 e. The molecule has 1 aromatic carbocycles. The first-order valence-corrected chi connectivity index (χ1v) is 6.34. The van der Waals surface area contributed by atoms with Crippen LogP contribution in [0.2, 0.25) is 0 Å². The third kappa shape index (κ3) is 3.47. The summed E-state index contributed by atoms with van der Waals surface area (Å²) in [6.07, 6.45) is 3.80. The quantitative estimate of drug-likeness (QED) is 0.505. The van der Waals surface area contributed by atoms with Gasteiger partial charge in [0.15, 0.2) is 0 Å². The molecule has 18 heavy (non-hydrogen) atoms. The SMILES string of the molecule is COc1ccc(CN2CCC(C=NO)CC2)cc1. The number of hydrogen-bond acceptors (Lipinski definition) is 4. The summed E-state index contributed by atoms with van der Waals surface area (Å²) in [4.78, 5) is 2.43. The lowest BCUT2D eigenvalue weighted by molar-refractivity contribution is 0.201. The molecule has 0 unspecified atom stereocenters. The maximum atomic E-state index is 8.51. The number of benzene rings is 1. The smallest absolute Gasteiger partial charge is 0.118 e. The molecule has 1 aromatic rings. The van der Waals surface area contributed by atoms with Gasteiger partial charge in [0, 0.05) is 12.8 Å². The van der Waals surface area contributed by atoms with Crippen LogP contribution in [0.5, 0.6) is 5.75 Å². The first-order chi connectivity index (χ1) is 8.81. The molecule has 0 spiro atoms. The third-order valence-electron chi connectivity index (χ3n) is 3.47. The third-order valence-corrected chi connectivity index (χ3v) is 3.47. The van der Waals surface area contributed by atoms with Gasteiger partial charge in [-0.05, 0) is 49.5 Å². The average Bonchev–Trinajstić information content (AvgIpc) is 2.42. The molecule has 0 bridgehead atoms. The summed E-state index contributed by atoms with van der Waals surface area (Å²) >= 11 is 0. The van der Waals surface area contributed by atoms with Gasteiger partial charge in [-0.3, -0.25) is 4.90 Å². The monoisotopic (exact) mass is 248 g/mol. The molecule has 0 aromatic heterocycles. The molecule has 0 aliphatic carbocycles. The fraction of sp³-hybridized carbons (Fsp3) is 0.500. The van der Waals surface area contributed by atoms with Crippen molar-refractivity contribution in [3.63, 3.8) is 0 Å². The first-order valence-electron chi connectivity index (χ1n) is 6.34. The van der Waals surface area contributed by atoms with Crippen LogP contribution in [0.15, 0.2) is 29.4 Å². The Morgan fingerprint density at radius 2 is 2.00 bits per heavy atom. The van der Waals surface area contributed by atoms with Crippen molar-refractivity contribution in [1.82, 2.24) is 4.90 Å².